The molecule has 0 radical (unpaired) electrons. The maximum absolute atomic E-state index is 13.0. The van der Waals surface area contributed by atoms with Crippen molar-refractivity contribution >= 4 is 10.0 Å². The third-order valence-electron chi connectivity index (χ3n) is 3.11. The van der Waals surface area contributed by atoms with Crippen molar-refractivity contribution in [1.29, 1.82) is 0 Å². The first-order chi connectivity index (χ1) is 8.90. The summed E-state index contributed by atoms with van der Waals surface area (Å²) in [5, 5.41) is 0. The van der Waals surface area contributed by atoms with Gasteiger partial charge in [0.2, 0.25) is 10.0 Å². The molecule has 0 saturated carbocycles. The van der Waals surface area contributed by atoms with E-state index in [0.29, 0.717) is 6.54 Å². The summed E-state index contributed by atoms with van der Waals surface area (Å²) in [6.45, 7) is 8.04. The molecule has 0 bridgehead atoms. The SMILES string of the molecule is CCN(CC)C(C)CNS(=O)(=O)c1cccc(F)c1. The fourth-order valence-corrected chi connectivity index (χ4v) is 3.08. The summed E-state index contributed by atoms with van der Waals surface area (Å²) in [4.78, 5) is 2.10. The van der Waals surface area contributed by atoms with Crippen LogP contribution in [0.4, 0.5) is 4.39 Å². The minimum atomic E-state index is -3.64. The molecule has 4 nitrogen and oxygen atoms in total. The summed E-state index contributed by atoms with van der Waals surface area (Å²) in [5.74, 6) is -0.556. The Morgan fingerprint density at radius 1 is 1.32 bits per heavy atom. The van der Waals surface area contributed by atoms with E-state index in [1.165, 1.54) is 18.2 Å². The van der Waals surface area contributed by atoms with Crippen molar-refractivity contribution in [1.82, 2.24) is 9.62 Å². The van der Waals surface area contributed by atoms with Gasteiger partial charge in [-0.3, -0.25) is 4.90 Å². The van der Waals surface area contributed by atoms with E-state index >= 15 is 0 Å². The predicted octanol–water partition coefficient (Wildman–Crippen LogP) is 1.83. The molecule has 1 aromatic rings. The third kappa shape index (κ3) is 4.56. The Morgan fingerprint density at radius 3 is 2.47 bits per heavy atom. The Labute approximate surface area is 114 Å². The first kappa shape index (κ1) is 16.1. The lowest BCUT2D eigenvalue weighted by Crippen LogP contribution is -2.41. The summed E-state index contributed by atoms with van der Waals surface area (Å²) >= 11 is 0. The molecule has 0 saturated heterocycles. The van der Waals surface area contributed by atoms with Crippen molar-refractivity contribution in [2.75, 3.05) is 19.6 Å². The molecule has 1 aromatic carbocycles. The fraction of sp³-hybridized carbons (Fsp3) is 0.538. The molecule has 0 aliphatic heterocycles. The lowest BCUT2D eigenvalue weighted by atomic mass is 10.3. The highest BCUT2D eigenvalue weighted by molar-refractivity contribution is 7.89. The number of likely N-dealkylation sites (N-methyl/N-ethyl adjacent to an activating group) is 1. The number of hydrogen-bond donors (Lipinski definition) is 1. The monoisotopic (exact) mass is 288 g/mol. The highest BCUT2D eigenvalue weighted by Crippen LogP contribution is 2.10. The van der Waals surface area contributed by atoms with E-state index in [1.807, 2.05) is 20.8 Å². The van der Waals surface area contributed by atoms with E-state index < -0.39 is 15.8 Å². The van der Waals surface area contributed by atoms with Crippen LogP contribution in [0.2, 0.25) is 0 Å². The van der Waals surface area contributed by atoms with Crippen molar-refractivity contribution < 1.29 is 12.8 Å². The molecule has 1 atom stereocenters. The molecule has 108 valence electrons. The zero-order chi connectivity index (χ0) is 14.5. The number of sulfonamides is 1. The molecule has 19 heavy (non-hydrogen) atoms. The second kappa shape index (κ2) is 6.98. The van der Waals surface area contributed by atoms with Crippen molar-refractivity contribution in [3.63, 3.8) is 0 Å². The van der Waals surface area contributed by atoms with Gasteiger partial charge < -0.3 is 0 Å². The summed E-state index contributed by atoms with van der Waals surface area (Å²) in [7, 11) is -3.64. The van der Waals surface area contributed by atoms with E-state index in [4.69, 9.17) is 0 Å². The van der Waals surface area contributed by atoms with Gasteiger partial charge in [0.1, 0.15) is 5.82 Å². The first-order valence-electron chi connectivity index (χ1n) is 6.40. The summed E-state index contributed by atoms with van der Waals surface area (Å²) in [6, 6.07) is 5.10. The van der Waals surface area contributed by atoms with E-state index in [-0.39, 0.29) is 10.9 Å². The molecule has 1 rings (SSSR count). The van der Waals surface area contributed by atoms with Crippen LogP contribution in [0.25, 0.3) is 0 Å². The van der Waals surface area contributed by atoms with Crippen molar-refractivity contribution in [3.8, 4) is 0 Å². The van der Waals surface area contributed by atoms with Crippen LogP contribution < -0.4 is 4.72 Å². The second-order valence-corrected chi connectivity index (χ2v) is 6.15. The Balaban J connectivity index is 2.71. The molecule has 0 fully saturated rings. The molecule has 1 N–H and O–H groups in total. The number of nitrogens with zero attached hydrogens (tertiary/aromatic N) is 1. The zero-order valence-corrected chi connectivity index (χ0v) is 12.4. The largest absolute Gasteiger partial charge is 0.300 e. The Bertz CT molecular complexity index is 501. The van der Waals surface area contributed by atoms with Gasteiger partial charge in [0.05, 0.1) is 4.90 Å². The highest BCUT2D eigenvalue weighted by atomic mass is 32.2. The Kier molecular flexibility index (Phi) is 5.90. The normalized spacial score (nSPS) is 13.7. The van der Waals surface area contributed by atoms with Gasteiger partial charge >= 0.3 is 0 Å². The molecular weight excluding hydrogens is 267 g/mol. The first-order valence-corrected chi connectivity index (χ1v) is 7.88. The Morgan fingerprint density at radius 2 is 1.95 bits per heavy atom. The maximum Gasteiger partial charge on any atom is 0.240 e. The molecular formula is C13H21FN2O2S. The van der Waals surface area contributed by atoms with E-state index in [0.717, 1.165) is 19.2 Å². The van der Waals surface area contributed by atoms with E-state index in [2.05, 4.69) is 9.62 Å². The second-order valence-electron chi connectivity index (χ2n) is 4.38. The van der Waals surface area contributed by atoms with Gasteiger partial charge in [-0.05, 0) is 38.2 Å². The van der Waals surface area contributed by atoms with Crippen LogP contribution >= 0.6 is 0 Å². The van der Waals surface area contributed by atoms with Gasteiger partial charge in [-0.1, -0.05) is 19.9 Å². The van der Waals surface area contributed by atoms with Crippen LogP contribution in [0.5, 0.6) is 0 Å². The van der Waals surface area contributed by atoms with Crippen LogP contribution in [0.1, 0.15) is 20.8 Å². The minimum absolute atomic E-state index is 0.0424. The van der Waals surface area contributed by atoms with Crippen molar-refractivity contribution in [3.05, 3.63) is 30.1 Å². The molecule has 0 aliphatic carbocycles. The minimum Gasteiger partial charge on any atom is -0.300 e. The maximum atomic E-state index is 13.0. The molecule has 0 aliphatic rings. The lowest BCUT2D eigenvalue weighted by molar-refractivity contribution is 0.232. The van der Waals surface area contributed by atoms with Gasteiger partial charge in [-0.2, -0.15) is 0 Å². The molecule has 6 heteroatoms. The van der Waals surface area contributed by atoms with Crippen LogP contribution in [-0.2, 0) is 10.0 Å². The van der Waals surface area contributed by atoms with Gasteiger partial charge in [0, 0.05) is 12.6 Å². The van der Waals surface area contributed by atoms with Crippen LogP contribution in [0, 0.1) is 5.82 Å². The molecule has 0 spiro atoms. The third-order valence-corrected chi connectivity index (χ3v) is 4.53. The number of nitrogens with one attached hydrogen (secondary N) is 1. The lowest BCUT2D eigenvalue weighted by Gasteiger charge is -2.26. The standard InChI is InChI=1S/C13H21FN2O2S/c1-4-16(5-2)11(3)10-15-19(17,18)13-8-6-7-12(14)9-13/h6-9,11,15H,4-5,10H2,1-3H3. The number of benzene rings is 1. The summed E-state index contributed by atoms with van der Waals surface area (Å²) in [6.07, 6.45) is 0. The predicted molar refractivity (Wildman–Crippen MR) is 74.0 cm³/mol. The van der Waals surface area contributed by atoms with Gasteiger partial charge in [-0.25, -0.2) is 17.5 Å². The quantitative estimate of drug-likeness (QED) is 0.833. The van der Waals surface area contributed by atoms with E-state index in [9.17, 15) is 12.8 Å². The topological polar surface area (TPSA) is 49.4 Å². The van der Waals surface area contributed by atoms with Crippen LogP contribution in [0.3, 0.4) is 0 Å². The fourth-order valence-electron chi connectivity index (χ4n) is 1.92. The van der Waals surface area contributed by atoms with Gasteiger partial charge in [0.25, 0.3) is 0 Å². The Hall–Kier alpha value is -0.980. The average molecular weight is 288 g/mol. The molecule has 0 amide bonds. The average Bonchev–Trinajstić information content (AvgIpc) is 2.38. The highest BCUT2D eigenvalue weighted by Gasteiger charge is 2.17. The molecule has 0 heterocycles. The van der Waals surface area contributed by atoms with Crippen molar-refractivity contribution in [2.24, 2.45) is 0 Å². The number of rotatable bonds is 7. The number of halogens is 1. The van der Waals surface area contributed by atoms with Crippen LogP contribution in [0.15, 0.2) is 29.2 Å². The van der Waals surface area contributed by atoms with Crippen LogP contribution in [-0.4, -0.2) is 39.0 Å². The van der Waals surface area contributed by atoms with Gasteiger partial charge in [0.15, 0.2) is 0 Å². The van der Waals surface area contributed by atoms with Gasteiger partial charge in [-0.15, -0.1) is 0 Å². The summed E-state index contributed by atoms with van der Waals surface area (Å²) in [5.41, 5.74) is 0. The molecule has 1 unspecified atom stereocenters. The smallest absolute Gasteiger partial charge is 0.240 e. The van der Waals surface area contributed by atoms with Crippen molar-refractivity contribution in [2.45, 2.75) is 31.7 Å². The summed E-state index contributed by atoms with van der Waals surface area (Å²) < 4.78 is 39.5. The zero-order valence-electron chi connectivity index (χ0n) is 11.6. The number of hydrogen-bond acceptors (Lipinski definition) is 3. The van der Waals surface area contributed by atoms with E-state index in [1.54, 1.807) is 0 Å². The molecule has 0 aromatic heterocycles.